The lowest BCUT2D eigenvalue weighted by Crippen LogP contribution is -2.25. The highest BCUT2D eigenvalue weighted by molar-refractivity contribution is 6.30. The van der Waals surface area contributed by atoms with Gasteiger partial charge in [0.05, 0.1) is 5.92 Å². The maximum absolute atomic E-state index is 13.1. The zero-order chi connectivity index (χ0) is 16.3. The van der Waals surface area contributed by atoms with Crippen molar-refractivity contribution in [1.82, 2.24) is 0 Å². The van der Waals surface area contributed by atoms with E-state index in [0.29, 0.717) is 16.3 Å². The zero-order valence-electron chi connectivity index (χ0n) is 12.9. The first-order valence-corrected chi connectivity index (χ1v) is 7.58. The van der Waals surface area contributed by atoms with Crippen LogP contribution in [0.1, 0.15) is 30.9 Å². The molecule has 4 heteroatoms. The lowest BCUT2D eigenvalue weighted by molar-refractivity contribution is -0.118. The van der Waals surface area contributed by atoms with Crippen LogP contribution in [0.15, 0.2) is 42.5 Å². The topological polar surface area (TPSA) is 29.1 Å². The molecule has 0 aromatic heterocycles. The first kappa shape index (κ1) is 16.5. The molecular formula is C18H19ClFNO. The van der Waals surface area contributed by atoms with Gasteiger partial charge >= 0.3 is 0 Å². The van der Waals surface area contributed by atoms with Crippen molar-refractivity contribution >= 4 is 23.2 Å². The number of amides is 1. The van der Waals surface area contributed by atoms with Gasteiger partial charge in [-0.3, -0.25) is 4.79 Å². The van der Waals surface area contributed by atoms with Gasteiger partial charge in [-0.15, -0.1) is 0 Å². The number of hydrogen-bond acceptors (Lipinski definition) is 1. The average Bonchev–Trinajstić information content (AvgIpc) is 2.44. The van der Waals surface area contributed by atoms with Crippen LogP contribution in [0, 0.1) is 18.7 Å². The third-order valence-electron chi connectivity index (χ3n) is 3.62. The van der Waals surface area contributed by atoms with Crippen molar-refractivity contribution in [2.24, 2.45) is 5.92 Å². The van der Waals surface area contributed by atoms with Crippen LogP contribution in [0.5, 0.6) is 0 Å². The molecule has 1 atom stereocenters. The molecule has 116 valence electrons. The third kappa shape index (κ3) is 3.86. The van der Waals surface area contributed by atoms with Crippen LogP contribution in [0.4, 0.5) is 10.1 Å². The molecule has 0 aliphatic rings. The summed E-state index contributed by atoms with van der Waals surface area (Å²) < 4.78 is 13.1. The Bertz CT molecular complexity index is 667. The number of carbonyl (C=O) groups excluding carboxylic acids is 1. The van der Waals surface area contributed by atoms with Gasteiger partial charge in [0.2, 0.25) is 5.91 Å². The van der Waals surface area contributed by atoms with E-state index in [0.717, 1.165) is 5.56 Å². The van der Waals surface area contributed by atoms with E-state index in [2.05, 4.69) is 5.32 Å². The molecule has 2 aromatic carbocycles. The number of nitrogens with one attached hydrogen (secondary N) is 1. The highest BCUT2D eigenvalue weighted by atomic mass is 35.5. The maximum atomic E-state index is 13.1. The number of anilines is 1. The Kier molecular flexibility index (Phi) is 5.19. The van der Waals surface area contributed by atoms with E-state index in [1.807, 2.05) is 26.0 Å². The van der Waals surface area contributed by atoms with Crippen molar-refractivity contribution < 1.29 is 9.18 Å². The van der Waals surface area contributed by atoms with Gasteiger partial charge in [-0.25, -0.2) is 4.39 Å². The van der Waals surface area contributed by atoms with Crippen LogP contribution in [0.2, 0.25) is 5.02 Å². The lowest BCUT2D eigenvalue weighted by atomic mass is 9.87. The van der Waals surface area contributed by atoms with E-state index >= 15 is 0 Å². The van der Waals surface area contributed by atoms with E-state index in [1.54, 1.807) is 25.1 Å². The fraction of sp³-hybridized carbons (Fsp3) is 0.278. The van der Waals surface area contributed by atoms with Gasteiger partial charge in [-0.05, 0) is 54.3 Å². The van der Waals surface area contributed by atoms with E-state index in [-0.39, 0.29) is 23.6 Å². The summed E-state index contributed by atoms with van der Waals surface area (Å²) in [5, 5.41) is 3.53. The fourth-order valence-electron chi connectivity index (χ4n) is 2.49. The number of carbonyl (C=O) groups is 1. The molecule has 2 rings (SSSR count). The maximum Gasteiger partial charge on any atom is 0.232 e. The van der Waals surface area contributed by atoms with E-state index in [4.69, 9.17) is 11.6 Å². The second kappa shape index (κ2) is 6.93. The Labute approximate surface area is 135 Å². The minimum atomic E-state index is -0.311. The number of benzene rings is 2. The second-order valence-corrected chi connectivity index (χ2v) is 6.16. The fourth-order valence-corrected chi connectivity index (χ4v) is 2.61. The quantitative estimate of drug-likeness (QED) is 0.828. The van der Waals surface area contributed by atoms with E-state index in [9.17, 15) is 9.18 Å². The second-order valence-electron chi connectivity index (χ2n) is 5.72. The highest BCUT2D eigenvalue weighted by Crippen LogP contribution is 2.28. The Morgan fingerprint density at radius 2 is 1.77 bits per heavy atom. The Balaban J connectivity index is 2.25. The zero-order valence-corrected chi connectivity index (χ0v) is 13.6. The summed E-state index contributed by atoms with van der Waals surface area (Å²) in [4.78, 5) is 12.6. The predicted molar refractivity (Wildman–Crippen MR) is 88.8 cm³/mol. The third-order valence-corrected chi connectivity index (χ3v) is 3.88. The summed E-state index contributed by atoms with van der Waals surface area (Å²) >= 11 is 5.90. The molecule has 0 saturated heterocycles. The molecule has 0 aliphatic carbocycles. The van der Waals surface area contributed by atoms with Crippen molar-refractivity contribution in [2.75, 3.05) is 5.32 Å². The Morgan fingerprint density at radius 1 is 1.14 bits per heavy atom. The first-order valence-electron chi connectivity index (χ1n) is 7.21. The van der Waals surface area contributed by atoms with Crippen LogP contribution >= 0.6 is 11.6 Å². The van der Waals surface area contributed by atoms with Crippen LogP contribution in [-0.4, -0.2) is 5.91 Å². The Hall–Kier alpha value is -1.87. The van der Waals surface area contributed by atoms with Crippen molar-refractivity contribution in [3.05, 3.63) is 64.4 Å². The summed E-state index contributed by atoms with van der Waals surface area (Å²) in [6.07, 6.45) is 0. The first-order chi connectivity index (χ1) is 10.4. The molecule has 0 aliphatic heterocycles. The SMILES string of the molecule is Cc1cc(F)ccc1NC(=O)[C@@H](c1ccc(Cl)cc1)C(C)C. The van der Waals surface area contributed by atoms with Crippen LogP contribution in [-0.2, 0) is 4.79 Å². The molecule has 0 bridgehead atoms. The standard InChI is InChI=1S/C18H19ClFNO/c1-11(2)17(13-4-6-14(19)7-5-13)18(22)21-16-9-8-15(20)10-12(16)3/h4-11,17H,1-3H3,(H,21,22)/t17-/m1/s1. The minimum absolute atomic E-state index is 0.105. The molecule has 0 saturated carbocycles. The van der Waals surface area contributed by atoms with Crippen LogP contribution in [0.25, 0.3) is 0 Å². The van der Waals surface area contributed by atoms with Gasteiger partial charge in [-0.2, -0.15) is 0 Å². The van der Waals surface area contributed by atoms with Crippen molar-refractivity contribution in [3.8, 4) is 0 Å². The van der Waals surface area contributed by atoms with Gasteiger partial charge in [0.25, 0.3) is 0 Å². The van der Waals surface area contributed by atoms with Gasteiger partial charge in [0, 0.05) is 10.7 Å². The lowest BCUT2D eigenvalue weighted by Gasteiger charge is -2.21. The Morgan fingerprint density at radius 3 is 2.32 bits per heavy atom. The molecule has 0 fully saturated rings. The summed E-state index contributed by atoms with van der Waals surface area (Å²) in [5.41, 5.74) is 2.25. The molecule has 1 amide bonds. The van der Waals surface area contributed by atoms with E-state index in [1.165, 1.54) is 12.1 Å². The van der Waals surface area contributed by atoms with Crippen LogP contribution < -0.4 is 5.32 Å². The van der Waals surface area contributed by atoms with Crippen molar-refractivity contribution in [1.29, 1.82) is 0 Å². The summed E-state index contributed by atoms with van der Waals surface area (Å²) in [6, 6.07) is 11.6. The number of halogens is 2. The molecule has 2 aromatic rings. The number of aryl methyl sites for hydroxylation is 1. The normalized spacial score (nSPS) is 12.3. The summed E-state index contributed by atoms with van der Waals surface area (Å²) in [6.45, 7) is 5.76. The average molecular weight is 320 g/mol. The summed E-state index contributed by atoms with van der Waals surface area (Å²) in [5.74, 6) is -0.579. The number of hydrogen-bond donors (Lipinski definition) is 1. The van der Waals surface area contributed by atoms with Crippen LogP contribution in [0.3, 0.4) is 0 Å². The van der Waals surface area contributed by atoms with E-state index < -0.39 is 0 Å². The minimum Gasteiger partial charge on any atom is -0.325 e. The van der Waals surface area contributed by atoms with Gasteiger partial charge < -0.3 is 5.32 Å². The number of rotatable bonds is 4. The molecule has 0 spiro atoms. The monoisotopic (exact) mass is 319 g/mol. The predicted octanol–water partition coefficient (Wildman–Crippen LogP) is 5.17. The highest BCUT2D eigenvalue weighted by Gasteiger charge is 2.24. The largest absolute Gasteiger partial charge is 0.325 e. The van der Waals surface area contributed by atoms with Gasteiger partial charge in [0.1, 0.15) is 5.82 Å². The van der Waals surface area contributed by atoms with Crippen molar-refractivity contribution in [2.45, 2.75) is 26.7 Å². The van der Waals surface area contributed by atoms with Crippen molar-refractivity contribution in [3.63, 3.8) is 0 Å². The van der Waals surface area contributed by atoms with Gasteiger partial charge in [0.15, 0.2) is 0 Å². The molecule has 0 unspecified atom stereocenters. The van der Waals surface area contributed by atoms with Gasteiger partial charge in [-0.1, -0.05) is 37.6 Å². The molecule has 0 heterocycles. The molecule has 0 radical (unpaired) electrons. The molecule has 1 N–H and O–H groups in total. The summed E-state index contributed by atoms with van der Waals surface area (Å²) in [7, 11) is 0. The molecule has 2 nitrogen and oxygen atoms in total. The molecular weight excluding hydrogens is 301 g/mol. The smallest absolute Gasteiger partial charge is 0.232 e. The molecule has 22 heavy (non-hydrogen) atoms.